The van der Waals surface area contributed by atoms with E-state index < -0.39 is 10.0 Å². The fourth-order valence-corrected chi connectivity index (χ4v) is 5.65. The van der Waals surface area contributed by atoms with E-state index in [9.17, 15) is 13.2 Å². The van der Waals surface area contributed by atoms with E-state index in [1.807, 2.05) is 0 Å². The highest BCUT2D eigenvalue weighted by atomic mass is 35.5. The van der Waals surface area contributed by atoms with Gasteiger partial charge in [-0.2, -0.15) is 0 Å². The van der Waals surface area contributed by atoms with E-state index in [4.69, 9.17) is 27.6 Å². The molecule has 0 bridgehead atoms. The van der Waals surface area contributed by atoms with Crippen molar-refractivity contribution in [3.63, 3.8) is 0 Å². The Morgan fingerprint density at radius 2 is 1.93 bits per heavy atom. The number of sulfonamides is 1. The van der Waals surface area contributed by atoms with Crippen molar-refractivity contribution < 1.29 is 17.6 Å². The molecule has 0 fully saturated rings. The number of ketones is 1. The Hall–Kier alpha value is -2.04. The minimum absolute atomic E-state index is 0.00641. The zero-order chi connectivity index (χ0) is 21.3. The van der Waals surface area contributed by atoms with E-state index >= 15 is 0 Å². The van der Waals surface area contributed by atoms with Crippen molar-refractivity contribution in [3.8, 4) is 0 Å². The number of Topliss-reactive ketones (excluding diaryl/α,β-unsaturated/α-hetero) is 1. The number of hydrogen-bond acceptors (Lipinski definition) is 7. The molecule has 0 amide bonds. The molecule has 11 heteroatoms. The summed E-state index contributed by atoms with van der Waals surface area (Å²) in [4.78, 5) is 17.1. The Bertz CT molecular complexity index is 1350. The maximum absolute atomic E-state index is 12.7. The van der Waals surface area contributed by atoms with Crippen LogP contribution in [0.2, 0.25) is 9.36 Å². The number of fused-ring (bicyclic) bond motifs is 1. The molecule has 0 aliphatic carbocycles. The summed E-state index contributed by atoms with van der Waals surface area (Å²) >= 11 is 14.2. The highest BCUT2D eigenvalue weighted by molar-refractivity contribution is 7.99. The molecular formula is C19H12Cl2N2O4S3. The van der Waals surface area contributed by atoms with Crippen molar-refractivity contribution in [2.45, 2.75) is 10.1 Å². The van der Waals surface area contributed by atoms with Gasteiger partial charge in [0.2, 0.25) is 0 Å². The van der Waals surface area contributed by atoms with Gasteiger partial charge in [0, 0.05) is 6.07 Å². The number of nitrogens with one attached hydrogen (secondary N) is 1. The second-order valence-corrected chi connectivity index (χ2v) is 10.7. The second-order valence-electron chi connectivity index (χ2n) is 6.01. The number of thioether (sulfide) groups is 1. The van der Waals surface area contributed by atoms with Crippen molar-refractivity contribution in [2.24, 2.45) is 0 Å². The smallest absolute Gasteiger partial charge is 0.262 e. The minimum Gasteiger partial charge on any atom is -0.431 e. The van der Waals surface area contributed by atoms with Gasteiger partial charge in [-0.05, 0) is 36.4 Å². The van der Waals surface area contributed by atoms with E-state index in [-0.39, 0.29) is 32.4 Å². The molecule has 0 aliphatic rings. The summed E-state index contributed by atoms with van der Waals surface area (Å²) < 4.78 is 34.0. The van der Waals surface area contributed by atoms with Crippen LogP contribution in [0.1, 0.15) is 9.67 Å². The third-order valence-electron chi connectivity index (χ3n) is 3.94. The zero-order valence-electron chi connectivity index (χ0n) is 15.0. The molecule has 0 saturated heterocycles. The first-order valence-corrected chi connectivity index (χ1v) is 12.5. The van der Waals surface area contributed by atoms with E-state index in [1.165, 1.54) is 23.5 Å². The predicted molar refractivity (Wildman–Crippen MR) is 121 cm³/mol. The van der Waals surface area contributed by atoms with Crippen molar-refractivity contribution in [1.82, 2.24) is 4.98 Å². The average Bonchev–Trinajstić information content (AvgIpc) is 3.33. The van der Waals surface area contributed by atoms with Crippen LogP contribution < -0.4 is 4.72 Å². The minimum atomic E-state index is -3.87. The van der Waals surface area contributed by atoms with Gasteiger partial charge in [0.15, 0.2) is 11.4 Å². The predicted octanol–water partition coefficient (Wildman–Crippen LogP) is 5.97. The molecule has 2 aromatic heterocycles. The van der Waals surface area contributed by atoms with Crippen LogP contribution in [0, 0.1) is 0 Å². The van der Waals surface area contributed by atoms with Gasteiger partial charge in [0.1, 0.15) is 5.52 Å². The lowest BCUT2D eigenvalue weighted by molar-refractivity contribution is 0.102. The molecule has 154 valence electrons. The lowest BCUT2D eigenvalue weighted by Crippen LogP contribution is -2.13. The summed E-state index contributed by atoms with van der Waals surface area (Å²) in [6.45, 7) is 0. The van der Waals surface area contributed by atoms with E-state index in [1.54, 1.807) is 42.5 Å². The summed E-state index contributed by atoms with van der Waals surface area (Å²) in [5.74, 6) is 0.0365. The number of rotatable bonds is 7. The molecule has 0 saturated carbocycles. The Morgan fingerprint density at radius 3 is 2.67 bits per heavy atom. The molecule has 2 aromatic carbocycles. The largest absolute Gasteiger partial charge is 0.431 e. The first-order valence-electron chi connectivity index (χ1n) is 8.41. The summed E-state index contributed by atoms with van der Waals surface area (Å²) in [5, 5.41) is 0.562. The number of carbonyl (C=O) groups is 1. The molecule has 4 aromatic rings. The monoisotopic (exact) mass is 498 g/mol. The number of para-hydroxylation sites is 1. The number of halogens is 2. The van der Waals surface area contributed by atoms with Gasteiger partial charge in [0.05, 0.1) is 30.6 Å². The Balaban J connectivity index is 1.52. The molecular weight excluding hydrogens is 487 g/mol. The number of anilines is 1. The lowest BCUT2D eigenvalue weighted by Gasteiger charge is -2.09. The number of thiophene rings is 1. The van der Waals surface area contributed by atoms with Gasteiger partial charge < -0.3 is 4.42 Å². The van der Waals surface area contributed by atoms with Crippen LogP contribution in [0.15, 0.2) is 69.1 Å². The highest BCUT2D eigenvalue weighted by Crippen LogP contribution is 2.29. The molecule has 2 heterocycles. The van der Waals surface area contributed by atoms with Crippen molar-refractivity contribution >= 4 is 78.9 Å². The third kappa shape index (κ3) is 4.65. The quantitative estimate of drug-likeness (QED) is 0.249. The van der Waals surface area contributed by atoms with Crippen molar-refractivity contribution in [2.75, 3.05) is 10.5 Å². The van der Waals surface area contributed by atoms with Gasteiger partial charge in [-0.15, -0.1) is 11.3 Å². The molecule has 30 heavy (non-hydrogen) atoms. The Morgan fingerprint density at radius 1 is 1.13 bits per heavy atom. The topological polar surface area (TPSA) is 89.3 Å². The molecule has 0 atom stereocenters. The standard InChI is InChI=1S/C19H12Cl2N2O4S3/c20-12-3-1-2-4-13(12)23-30(25,26)11-5-6-14-16(9-11)27-19(22-14)28-10-15(24)17-7-8-18(21)29-17/h1-9,23H,10H2. The maximum Gasteiger partial charge on any atom is 0.262 e. The number of oxazole rings is 1. The van der Waals surface area contributed by atoms with Gasteiger partial charge in [-0.3, -0.25) is 9.52 Å². The fourth-order valence-electron chi connectivity index (χ4n) is 2.52. The third-order valence-corrected chi connectivity index (χ3v) is 7.74. The van der Waals surface area contributed by atoms with Crippen LogP contribution in [0.25, 0.3) is 11.1 Å². The molecule has 4 rings (SSSR count). The van der Waals surface area contributed by atoms with Gasteiger partial charge in [-0.1, -0.05) is 47.1 Å². The molecule has 1 N–H and O–H groups in total. The second kappa shape index (κ2) is 8.60. The highest BCUT2D eigenvalue weighted by Gasteiger charge is 2.19. The summed E-state index contributed by atoms with van der Waals surface area (Å²) in [6.07, 6.45) is 0. The first kappa shape index (κ1) is 21.2. The number of hydrogen-bond donors (Lipinski definition) is 1. The number of aromatic nitrogens is 1. The van der Waals surface area contributed by atoms with Gasteiger partial charge in [-0.25, -0.2) is 13.4 Å². The number of benzene rings is 2. The van der Waals surface area contributed by atoms with Crippen LogP contribution in [0.4, 0.5) is 5.69 Å². The van der Waals surface area contributed by atoms with Gasteiger partial charge in [0.25, 0.3) is 15.2 Å². The SMILES string of the molecule is O=C(CSc1nc2ccc(S(=O)(=O)Nc3ccccc3Cl)cc2o1)c1ccc(Cl)s1. The normalized spacial score (nSPS) is 11.7. The average molecular weight is 499 g/mol. The molecule has 0 radical (unpaired) electrons. The summed E-state index contributed by atoms with van der Waals surface area (Å²) in [5.41, 5.74) is 1.06. The van der Waals surface area contributed by atoms with E-state index in [0.29, 0.717) is 20.3 Å². The first-order chi connectivity index (χ1) is 14.3. The van der Waals surface area contributed by atoms with E-state index in [0.717, 1.165) is 11.8 Å². The molecule has 0 spiro atoms. The summed E-state index contributed by atoms with van der Waals surface area (Å²) in [7, 11) is -3.87. The van der Waals surface area contributed by atoms with Crippen LogP contribution in [-0.4, -0.2) is 24.9 Å². The molecule has 0 unspecified atom stereocenters. The summed E-state index contributed by atoms with van der Waals surface area (Å²) in [6, 6.07) is 14.2. The maximum atomic E-state index is 12.7. The van der Waals surface area contributed by atoms with Crippen LogP contribution in [-0.2, 0) is 10.0 Å². The zero-order valence-corrected chi connectivity index (χ0v) is 18.9. The van der Waals surface area contributed by atoms with Crippen LogP contribution in [0.5, 0.6) is 0 Å². The lowest BCUT2D eigenvalue weighted by atomic mass is 10.3. The van der Waals surface area contributed by atoms with E-state index in [2.05, 4.69) is 9.71 Å². The number of nitrogens with zero attached hydrogens (tertiary/aromatic N) is 1. The fraction of sp³-hybridized carbons (Fsp3) is 0.0526. The van der Waals surface area contributed by atoms with Crippen LogP contribution in [0.3, 0.4) is 0 Å². The van der Waals surface area contributed by atoms with Crippen molar-refractivity contribution in [3.05, 3.63) is 68.8 Å². The number of carbonyl (C=O) groups excluding carboxylic acids is 1. The molecule has 6 nitrogen and oxygen atoms in total. The van der Waals surface area contributed by atoms with Gasteiger partial charge >= 0.3 is 0 Å². The van der Waals surface area contributed by atoms with Crippen molar-refractivity contribution in [1.29, 1.82) is 0 Å². The van der Waals surface area contributed by atoms with Crippen LogP contribution >= 0.6 is 46.3 Å². The Kier molecular flexibility index (Phi) is 6.08. The molecule has 0 aliphatic heterocycles. The Labute approximate surface area is 190 Å².